The van der Waals surface area contributed by atoms with E-state index in [1.165, 1.54) is 15.3 Å². The van der Waals surface area contributed by atoms with E-state index in [0.717, 1.165) is 54.7 Å². The molecule has 0 saturated carbocycles. The quantitative estimate of drug-likeness (QED) is 0.663. The third-order valence-electron chi connectivity index (χ3n) is 5.24. The van der Waals surface area contributed by atoms with Crippen molar-refractivity contribution in [3.8, 4) is 10.4 Å². The Bertz CT molecular complexity index is 885. The molecular formula is C20H27N4OS2+. The molecule has 5 nitrogen and oxygen atoms in total. The number of aromatic nitrogens is 2. The van der Waals surface area contributed by atoms with Gasteiger partial charge in [0.2, 0.25) is 0 Å². The second-order valence-electron chi connectivity index (χ2n) is 7.51. The van der Waals surface area contributed by atoms with Crippen molar-refractivity contribution in [3.63, 3.8) is 0 Å². The van der Waals surface area contributed by atoms with Crippen molar-refractivity contribution in [3.05, 3.63) is 28.7 Å². The molecule has 144 valence electrons. The number of hydrogen-bond acceptors (Lipinski definition) is 6. The fraction of sp³-hybridized carbons (Fsp3) is 0.500. The number of morpholine rings is 1. The highest BCUT2D eigenvalue weighted by Crippen LogP contribution is 2.39. The van der Waals surface area contributed by atoms with Crippen LogP contribution in [0.1, 0.15) is 26.6 Å². The maximum atomic E-state index is 5.48. The first-order valence-corrected chi connectivity index (χ1v) is 11.4. The lowest BCUT2D eigenvalue weighted by atomic mass is 10.1. The van der Waals surface area contributed by atoms with Crippen molar-refractivity contribution in [1.29, 1.82) is 0 Å². The van der Waals surface area contributed by atoms with Gasteiger partial charge >= 0.3 is 0 Å². The number of fused-ring (bicyclic) bond motifs is 1. The van der Waals surface area contributed by atoms with Gasteiger partial charge in [-0.05, 0) is 24.3 Å². The molecular weight excluding hydrogens is 376 g/mol. The van der Waals surface area contributed by atoms with Gasteiger partial charge in [0.25, 0.3) is 0 Å². The van der Waals surface area contributed by atoms with Crippen LogP contribution in [0.4, 0.5) is 5.82 Å². The van der Waals surface area contributed by atoms with Gasteiger partial charge in [0.1, 0.15) is 30.3 Å². The van der Waals surface area contributed by atoms with E-state index in [-0.39, 0.29) is 0 Å². The van der Waals surface area contributed by atoms with E-state index >= 15 is 0 Å². The maximum absolute atomic E-state index is 5.48. The molecule has 4 heterocycles. The van der Waals surface area contributed by atoms with E-state index in [9.17, 15) is 0 Å². The Morgan fingerprint density at radius 2 is 2.00 bits per heavy atom. The normalized spacial score (nSPS) is 16.9. The number of hydrogen-bond donors (Lipinski definition) is 2. The lowest BCUT2D eigenvalue weighted by Crippen LogP contribution is -3.12. The number of nitrogens with zero attached hydrogens (tertiary/aromatic N) is 2. The Hall–Kier alpha value is -1.54. The summed E-state index contributed by atoms with van der Waals surface area (Å²) in [4.78, 5) is 13.8. The van der Waals surface area contributed by atoms with Gasteiger partial charge in [-0.15, -0.1) is 22.7 Å². The topological polar surface area (TPSA) is 51.5 Å². The van der Waals surface area contributed by atoms with E-state index in [0.29, 0.717) is 12.0 Å². The van der Waals surface area contributed by atoms with Gasteiger partial charge in [0.05, 0.1) is 18.6 Å². The summed E-state index contributed by atoms with van der Waals surface area (Å²) in [6, 6.07) is 4.63. The fourth-order valence-electron chi connectivity index (χ4n) is 3.23. The van der Waals surface area contributed by atoms with Crippen LogP contribution in [0.15, 0.2) is 22.9 Å². The molecule has 27 heavy (non-hydrogen) atoms. The highest BCUT2D eigenvalue weighted by atomic mass is 32.1. The van der Waals surface area contributed by atoms with Crippen molar-refractivity contribution < 1.29 is 9.64 Å². The summed E-state index contributed by atoms with van der Waals surface area (Å²) in [6.45, 7) is 11.3. The summed E-state index contributed by atoms with van der Waals surface area (Å²) in [6.07, 6.45) is 0. The first-order chi connectivity index (χ1) is 13.1. The SMILES string of the molecule is CC(C)[C@@H](C)Nc1nc(C[NH+]2CCOCC2)nc2scc(-c3cccs3)c12. The number of nitrogens with one attached hydrogen (secondary N) is 2. The Morgan fingerprint density at radius 3 is 2.70 bits per heavy atom. The molecule has 0 aliphatic carbocycles. The highest BCUT2D eigenvalue weighted by molar-refractivity contribution is 7.18. The summed E-state index contributed by atoms with van der Waals surface area (Å²) in [5, 5.41) is 9.19. The van der Waals surface area contributed by atoms with Crippen molar-refractivity contribution >= 4 is 38.7 Å². The number of quaternary nitrogens is 1. The second kappa shape index (κ2) is 8.22. The molecule has 0 spiro atoms. The van der Waals surface area contributed by atoms with Crippen LogP contribution in [0.5, 0.6) is 0 Å². The van der Waals surface area contributed by atoms with E-state index in [1.54, 1.807) is 22.7 Å². The van der Waals surface area contributed by atoms with Crippen LogP contribution in [0.3, 0.4) is 0 Å². The first kappa shape index (κ1) is 18.8. The lowest BCUT2D eigenvalue weighted by molar-refractivity contribution is -0.922. The molecule has 0 aromatic carbocycles. The van der Waals surface area contributed by atoms with E-state index in [2.05, 4.69) is 49.0 Å². The fourth-order valence-corrected chi connectivity index (χ4v) is 5.01. The van der Waals surface area contributed by atoms with Crippen molar-refractivity contribution in [1.82, 2.24) is 9.97 Å². The molecule has 1 fully saturated rings. The smallest absolute Gasteiger partial charge is 0.187 e. The monoisotopic (exact) mass is 403 g/mol. The molecule has 1 aliphatic heterocycles. The van der Waals surface area contributed by atoms with Crippen LogP contribution in [0.25, 0.3) is 20.7 Å². The van der Waals surface area contributed by atoms with Crippen molar-refractivity contribution in [2.75, 3.05) is 31.6 Å². The number of thiophene rings is 2. The second-order valence-corrected chi connectivity index (χ2v) is 9.32. The molecule has 0 amide bonds. The van der Waals surface area contributed by atoms with Crippen molar-refractivity contribution in [2.45, 2.75) is 33.4 Å². The minimum Gasteiger partial charge on any atom is -0.370 e. The summed E-state index contributed by atoms with van der Waals surface area (Å²) in [5.74, 6) is 2.44. The molecule has 4 rings (SSSR count). The van der Waals surface area contributed by atoms with Crippen LogP contribution in [-0.2, 0) is 11.3 Å². The molecule has 3 aromatic heterocycles. The average Bonchev–Trinajstić information content (AvgIpc) is 3.31. The average molecular weight is 404 g/mol. The highest BCUT2D eigenvalue weighted by Gasteiger charge is 2.21. The third kappa shape index (κ3) is 4.16. The van der Waals surface area contributed by atoms with Crippen LogP contribution < -0.4 is 10.2 Å². The van der Waals surface area contributed by atoms with E-state index in [4.69, 9.17) is 14.7 Å². The molecule has 0 unspecified atom stereocenters. The molecule has 1 aliphatic rings. The number of anilines is 1. The number of ether oxygens (including phenoxy) is 1. The molecule has 1 atom stereocenters. The zero-order valence-electron chi connectivity index (χ0n) is 16.1. The van der Waals surface area contributed by atoms with E-state index < -0.39 is 0 Å². The van der Waals surface area contributed by atoms with Gasteiger partial charge in [0, 0.05) is 21.9 Å². The van der Waals surface area contributed by atoms with Crippen LogP contribution in [0.2, 0.25) is 0 Å². The molecule has 0 radical (unpaired) electrons. The van der Waals surface area contributed by atoms with Gasteiger partial charge in [-0.2, -0.15) is 0 Å². The standard InChI is InChI=1S/C20H26N4OS2/c1-13(2)14(3)21-19-18-15(16-5-4-10-26-16)12-27-20(18)23-17(22-19)11-24-6-8-25-9-7-24/h4-5,10,12-14H,6-9,11H2,1-3H3,(H,21,22,23)/p+1/t14-/m1/s1. The maximum Gasteiger partial charge on any atom is 0.187 e. The third-order valence-corrected chi connectivity index (χ3v) is 7.01. The Labute approximate surface area is 168 Å². The van der Waals surface area contributed by atoms with Crippen LogP contribution >= 0.6 is 22.7 Å². The summed E-state index contributed by atoms with van der Waals surface area (Å²) in [7, 11) is 0. The lowest BCUT2D eigenvalue weighted by Gasteiger charge is -2.24. The Morgan fingerprint density at radius 1 is 1.19 bits per heavy atom. The van der Waals surface area contributed by atoms with Crippen LogP contribution in [-0.4, -0.2) is 42.3 Å². The number of rotatable bonds is 6. The minimum absolute atomic E-state index is 0.350. The minimum atomic E-state index is 0.350. The van der Waals surface area contributed by atoms with Crippen LogP contribution in [0, 0.1) is 5.92 Å². The Balaban J connectivity index is 1.74. The zero-order chi connectivity index (χ0) is 18.8. The Kier molecular flexibility index (Phi) is 5.73. The predicted molar refractivity (Wildman–Crippen MR) is 114 cm³/mol. The molecule has 0 bridgehead atoms. The molecule has 7 heteroatoms. The van der Waals surface area contributed by atoms with Gasteiger partial charge < -0.3 is 15.0 Å². The largest absolute Gasteiger partial charge is 0.370 e. The zero-order valence-corrected chi connectivity index (χ0v) is 17.8. The van der Waals surface area contributed by atoms with Gasteiger partial charge in [-0.3, -0.25) is 0 Å². The van der Waals surface area contributed by atoms with Gasteiger partial charge in [0.15, 0.2) is 5.82 Å². The summed E-state index contributed by atoms with van der Waals surface area (Å²) in [5.41, 5.74) is 1.24. The summed E-state index contributed by atoms with van der Waals surface area (Å²) < 4.78 is 5.48. The predicted octanol–water partition coefficient (Wildman–Crippen LogP) is 3.29. The van der Waals surface area contributed by atoms with Gasteiger partial charge in [-0.25, -0.2) is 9.97 Å². The first-order valence-electron chi connectivity index (χ1n) is 9.61. The molecule has 2 N–H and O–H groups in total. The van der Waals surface area contributed by atoms with E-state index in [1.807, 2.05) is 0 Å². The summed E-state index contributed by atoms with van der Waals surface area (Å²) >= 11 is 3.49. The van der Waals surface area contributed by atoms with Crippen molar-refractivity contribution in [2.24, 2.45) is 5.92 Å². The molecule has 1 saturated heterocycles. The molecule has 3 aromatic rings. The van der Waals surface area contributed by atoms with Gasteiger partial charge in [-0.1, -0.05) is 19.9 Å².